The Labute approximate surface area is 103 Å². The van der Waals surface area contributed by atoms with E-state index in [1.807, 2.05) is 13.8 Å². The van der Waals surface area contributed by atoms with Crippen molar-refractivity contribution in [2.24, 2.45) is 0 Å². The third-order valence-electron chi connectivity index (χ3n) is 2.40. The van der Waals surface area contributed by atoms with Crippen molar-refractivity contribution in [3.05, 3.63) is 15.6 Å². The van der Waals surface area contributed by atoms with E-state index in [2.05, 4.69) is 34.6 Å². The third-order valence-corrected chi connectivity index (χ3v) is 4.07. The van der Waals surface area contributed by atoms with Crippen molar-refractivity contribution in [3.63, 3.8) is 0 Å². The summed E-state index contributed by atoms with van der Waals surface area (Å²) in [6, 6.07) is 0. The highest BCUT2D eigenvalue weighted by Crippen LogP contribution is 2.38. The van der Waals surface area contributed by atoms with Crippen molar-refractivity contribution < 1.29 is 5.11 Å². The zero-order chi connectivity index (χ0) is 12.7. The van der Waals surface area contributed by atoms with Gasteiger partial charge in [-0.1, -0.05) is 34.6 Å². The van der Waals surface area contributed by atoms with Crippen LogP contribution in [0.25, 0.3) is 0 Å². The molecule has 1 aromatic rings. The molecule has 0 radical (unpaired) electrons. The number of aliphatic hydroxyl groups is 1. The van der Waals surface area contributed by atoms with Gasteiger partial charge in [-0.05, 0) is 13.8 Å². The highest BCUT2D eigenvalue weighted by atomic mass is 32.1. The molecule has 0 atom stereocenters. The van der Waals surface area contributed by atoms with E-state index in [1.165, 1.54) is 0 Å². The molecule has 0 aliphatic rings. The van der Waals surface area contributed by atoms with Crippen LogP contribution in [0.2, 0.25) is 0 Å². The second-order valence-electron chi connectivity index (χ2n) is 6.19. The molecular weight excluding hydrogens is 218 g/mol. The lowest BCUT2D eigenvalue weighted by atomic mass is 9.88. The molecule has 0 aromatic carbocycles. The second kappa shape index (κ2) is 4.11. The number of hydrogen-bond acceptors (Lipinski definition) is 3. The number of rotatable bonds is 2. The molecule has 3 heteroatoms. The molecule has 0 amide bonds. The Hall–Kier alpha value is -0.410. The van der Waals surface area contributed by atoms with Crippen LogP contribution < -0.4 is 0 Å². The van der Waals surface area contributed by atoms with Gasteiger partial charge < -0.3 is 5.11 Å². The van der Waals surface area contributed by atoms with Gasteiger partial charge in [0.1, 0.15) is 0 Å². The van der Waals surface area contributed by atoms with Crippen molar-refractivity contribution in [2.45, 2.75) is 65.4 Å². The normalized spacial score (nSPS) is 13.6. The Balaban J connectivity index is 3.36. The maximum Gasteiger partial charge on any atom is 0.0957 e. The van der Waals surface area contributed by atoms with Gasteiger partial charge in [-0.15, -0.1) is 11.3 Å². The Morgan fingerprint density at radius 2 is 1.62 bits per heavy atom. The lowest BCUT2D eigenvalue weighted by molar-refractivity contribution is 0.0803. The summed E-state index contributed by atoms with van der Waals surface area (Å²) in [5.41, 5.74) is 0.223. The number of nitrogens with zero attached hydrogens (tertiary/aromatic N) is 1. The first-order chi connectivity index (χ1) is 7.03. The Kier molecular flexibility index (Phi) is 3.51. The highest BCUT2D eigenvalue weighted by Gasteiger charge is 2.31. The van der Waals surface area contributed by atoms with Gasteiger partial charge in [0.05, 0.1) is 21.2 Å². The summed E-state index contributed by atoms with van der Waals surface area (Å²) in [5, 5.41) is 11.3. The molecule has 0 bridgehead atoms. The van der Waals surface area contributed by atoms with Crippen LogP contribution in [0, 0.1) is 0 Å². The minimum Gasteiger partial charge on any atom is -0.385 e. The quantitative estimate of drug-likeness (QED) is 0.854. The summed E-state index contributed by atoms with van der Waals surface area (Å²) < 4.78 is 0. The van der Waals surface area contributed by atoms with Crippen LogP contribution in [-0.4, -0.2) is 10.1 Å². The molecule has 1 aromatic heterocycles. The topological polar surface area (TPSA) is 33.1 Å². The van der Waals surface area contributed by atoms with Gasteiger partial charge in [0.15, 0.2) is 0 Å². The summed E-state index contributed by atoms with van der Waals surface area (Å²) in [4.78, 5) is 5.71. The van der Waals surface area contributed by atoms with Crippen molar-refractivity contribution >= 4 is 11.3 Å². The summed E-state index contributed by atoms with van der Waals surface area (Å²) in [6.07, 6.45) is 0. The van der Waals surface area contributed by atoms with Crippen molar-refractivity contribution in [3.8, 4) is 0 Å². The van der Waals surface area contributed by atoms with Crippen LogP contribution in [-0.2, 0) is 11.0 Å². The van der Waals surface area contributed by atoms with Crippen molar-refractivity contribution in [2.75, 3.05) is 0 Å². The van der Waals surface area contributed by atoms with E-state index in [0.717, 1.165) is 15.6 Å². The van der Waals surface area contributed by atoms with Crippen molar-refractivity contribution in [1.29, 1.82) is 0 Å². The monoisotopic (exact) mass is 241 g/mol. The van der Waals surface area contributed by atoms with Crippen LogP contribution in [0.5, 0.6) is 0 Å². The molecule has 0 unspecified atom stereocenters. The van der Waals surface area contributed by atoms with E-state index in [-0.39, 0.29) is 5.41 Å². The summed E-state index contributed by atoms with van der Waals surface area (Å²) >= 11 is 1.64. The zero-order valence-electron chi connectivity index (χ0n) is 11.4. The first-order valence-electron chi connectivity index (χ1n) is 5.77. The predicted molar refractivity (Wildman–Crippen MR) is 70.1 cm³/mol. The lowest BCUT2D eigenvalue weighted by Crippen LogP contribution is -2.22. The maximum atomic E-state index is 10.2. The first-order valence-corrected chi connectivity index (χ1v) is 6.59. The Morgan fingerprint density at radius 1 is 1.12 bits per heavy atom. The number of aromatic nitrogens is 1. The molecule has 0 spiro atoms. The molecule has 1 heterocycles. The molecule has 16 heavy (non-hydrogen) atoms. The lowest BCUT2D eigenvalue weighted by Gasteiger charge is -2.23. The minimum absolute atomic E-state index is 0.0149. The summed E-state index contributed by atoms with van der Waals surface area (Å²) in [5.74, 6) is 0.419. The van der Waals surface area contributed by atoms with Crippen LogP contribution in [0.4, 0.5) is 0 Å². The fourth-order valence-electron chi connectivity index (χ4n) is 1.51. The highest BCUT2D eigenvalue weighted by molar-refractivity contribution is 7.12. The van der Waals surface area contributed by atoms with Gasteiger partial charge in [-0.2, -0.15) is 0 Å². The Morgan fingerprint density at radius 3 is 1.88 bits per heavy atom. The fourth-order valence-corrected chi connectivity index (χ4v) is 2.79. The van der Waals surface area contributed by atoms with E-state index in [9.17, 15) is 5.11 Å². The SMILES string of the molecule is CC(C)c1nc(C(C)(C)C)c(C(C)(C)O)s1. The molecule has 1 rings (SSSR count). The standard InChI is InChI=1S/C13H23NOS/c1-8(2)11-14-9(12(3,4)5)10(16-11)13(6,7)15/h8,15H,1-7H3. The van der Waals surface area contributed by atoms with Gasteiger partial charge in [-0.25, -0.2) is 4.98 Å². The summed E-state index contributed by atoms with van der Waals surface area (Å²) in [6.45, 7) is 14.4. The molecule has 92 valence electrons. The van der Waals surface area contributed by atoms with E-state index < -0.39 is 5.60 Å². The third kappa shape index (κ3) is 2.83. The van der Waals surface area contributed by atoms with E-state index in [0.29, 0.717) is 5.92 Å². The Bertz CT molecular complexity index is 335. The van der Waals surface area contributed by atoms with E-state index >= 15 is 0 Å². The van der Waals surface area contributed by atoms with Crippen LogP contribution in [0.3, 0.4) is 0 Å². The fraction of sp³-hybridized carbons (Fsp3) is 0.769. The van der Waals surface area contributed by atoms with Crippen molar-refractivity contribution in [1.82, 2.24) is 4.98 Å². The van der Waals surface area contributed by atoms with E-state index in [4.69, 9.17) is 4.98 Å². The molecule has 2 nitrogen and oxygen atoms in total. The second-order valence-corrected chi connectivity index (χ2v) is 7.22. The van der Waals surface area contributed by atoms with Gasteiger partial charge in [0, 0.05) is 11.3 Å². The molecule has 0 saturated heterocycles. The van der Waals surface area contributed by atoms with Crippen LogP contribution in [0.1, 0.15) is 70.0 Å². The molecule has 0 fully saturated rings. The van der Waals surface area contributed by atoms with Crippen LogP contribution in [0.15, 0.2) is 0 Å². The van der Waals surface area contributed by atoms with Gasteiger partial charge >= 0.3 is 0 Å². The zero-order valence-corrected chi connectivity index (χ0v) is 12.2. The molecular formula is C13H23NOS. The van der Waals surface area contributed by atoms with Gasteiger partial charge in [0.2, 0.25) is 0 Å². The molecule has 0 aliphatic carbocycles. The molecule has 0 saturated carbocycles. The number of hydrogen-bond donors (Lipinski definition) is 1. The minimum atomic E-state index is -0.798. The van der Waals surface area contributed by atoms with Crippen LogP contribution >= 0.6 is 11.3 Å². The predicted octanol–water partition coefficient (Wildman–Crippen LogP) is 3.79. The number of thiazole rings is 1. The summed E-state index contributed by atoms with van der Waals surface area (Å²) in [7, 11) is 0. The first kappa shape index (κ1) is 13.7. The largest absolute Gasteiger partial charge is 0.385 e. The van der Waals surface area contributed by atoms with Gasteiger partial charge in [-0.3, -0.25) is 0 Å². The molecule has 1 N–H and O–H groups in total. The maximum absolute atomic E-state index is 10.2. The average molecular weight is 241 g/mol. The smallest absolute Gasteiger partial charge is 0.0957 e. The van der Waals surface area contributed by atoms with E-state index in [1.54, 1.807) is 11.3 Å². The molecule has 0 aliphatic heterocycles. The van der Waals surface area contributed by atoms with Gasteiger partial charge in [0.25, 0.3) is 0 Å². The average Bonchev–Trinajstić information content (AvgIpc) is 2.44.